The van der Waals surface area contributed by atoms with E-state index in [-0.39, 0.29) is 11.8 Å². The van der Waals surface area contributed by atoms with Gasteiger partial charge in [0.2, 0.25) is 5.95 Å². The topological polar surface area (TPSA) is 117 Å². The first kappa shape index (κ1) is 23.7. The lowest BCUT2D eigenvalue weighted by atomic mass is 10.2. The first-order chi connectivity index (χ1) is 17.0. The van der Waals surface area contributed by atoms with Crippen molar-refractivity contribution in [1.82, 2.24) is 15.3 Å². The van der Waals surface area contributed by atoms with Gasteiger partial charge in [-0.1, -0.05) is 0 Å². The predicted molar refractivity (Wildman–Crippen MR) is 138 cm³/mol. The van der Waals surface area contributed by atoms with Crippen molar-refractivity contribution in [2.24, 2.45) is 0 Å². The number of rotatable bonds is 8. The molecule has 178 valence electrons. The molecule has 0 aliphatic heterocycles. The highest BCUT2D eigenvalue weighted by molar-refractivity contribution is 7.12. The molecule has 0 saturated heterocycles. The van der Waals surface area contributed by atoms with Gasteiger partial charge in [0.05, 0.1) is 12.8 Å². The number of benzene rings is 2. The van der Waals surface area contributed by atoms with Crippen LogP contribution in [0.3, 0.4) is 0 Å². The Morgan fingerprint density at radius 3 is 2.31 bits per heavy atom. The van der Waals surface area contributed by atoms with Crippen LogP contribution in [0.15, 0.2) is 66.2 Å². The number of nitrogens with zero attached hydrogens (tertiary/aromatic N) is 2. The molecule has 0 aliphatic carbocycles. The monoisotopic (exact) mass is 488 g/mol. The molecule has 0 saturated carbocycles. The van der Waals surface area contributed by atoms with Crippen LogP contribution in [0.4, 0.5) is 28.8 Å². The van der Waals surface area contributed by atoms with E-state index in [9.17, 15) is 9.59 Å². The Morgan fingerprint density at radius 2 is 1.63 bits per heavy atom. The van der Waals surface area contributed by atoms with Crippen molar-refractivity contribution in [3.05, 3.63) is 82.2 Å². The summed E-state index contributed by atoms with van der Waals surface area (Å²) in [4.78, 5) is 34.0. The third-order valence-electron chi connectivity index (χ3n) is 5.07. The lowest BCUT2D eigenvalue weighted by Gasteiger charge is -2.12. The molecule has 2 aromatic carbocycles. The van der Waals surface area contributed by atoms with Crippen molar-refractivity contribution < 1.29 is 14.3 Å². The molecule has 0 aliphatic rings. The second kappa shape index (κ2) is 10.7. The van der Waals surface area contributed by atoms with Crippen molar-refractivity contribution in [3.63, 3.8) is 0 Å². The fraction of sp³-hybridized carbons (Fsp3) is 0.120. The molecule has 2 heterocycles. The van der Waals surface area contributed by atoms with Gasteiger partial charge in [-0.2, -0.15) is 4.98 Å². The number of carbonyl (C=O) groups excluding carboxylic acids is 2. The first-order valence-corrected chi connectivity index (χ1v) is 11.6. The van der Waals surface area contributed by atoms with Crippen LogP contribution in [0.5, 0.6) is 5.75 Å². The molecule has 0 radical (unpaired) electrons. The molecule has 0 fully saturated rings. The van der Waals surface area contributed by atoms with Gasteiger partial charge in [0, 0.05) is 35.7 Å². The van der Waals surface area contributed by atoms with Gasteiger partial charge < -0.3 is 26.0 Å². The molecule has 0 bridgehead atoms. The van der Waals surface area contributed by atoms with Gasteiger partial charge in [0.15, 0.2) is 0 Å². The van der Waals surface area contributed by atoms with Gasteiger partial charge in [-0.15, -0.1) is 11.3 Å². The zero-order valence-electron chi connectivity index (χ0n) is 19.4. The van der Waals surface area contributed by atoms with Gasteiger partial charge in [0.25, 0.3) is 11.8 Å². The van der Waals surface area contributed by atoms with Gasteiger partial charge >= 0.3 is 0 Å². The van der Waals surface area contributed by atoms with Crippen LogP contribution in [-0.4, -0.2) is 35.9 Å². The van der Waals surface area contributed by atoms with Gasteiger partial charge in [-0.05, 0) is 66.9 Å². The number of aryl methyl sites for hydroxylation is 1. The number of carbonyl (C=O) groups is 2. The SMILES string of the molecule is CNC(=O)c1sccc1Nc1nc(Nc2ccc(NC(=O)c3ccc(OC)cc3)cc2)ncc1C. The molecule has 4 N–H and O–H groups in total. The third kappa shape index (κ3) is 5.74. The highest BCUT2D eigenvalue weighted by Crippen LogP contribution is 2.27. The Balaban J connectivity index is 1.42. The Labute approximate surface area is 206 Å². The van der Waals surface area contributed by atoms with E-state index < -0.39 is 0 Å². The second-order valence-corrected chi connectivity index (χ2v) is 8.39. The molecule has 0 spiro atoms. The van der Waals surface area contributed by atoms with Crippen LogP contribution < -0.4 is 26.0 Å². The normalized spacial score (nSPS) is 10.4. The fourth-order valence-electron chi connectivity index (χ4n) is 3.17. The van der Waals surface area contributed by atoms with Gasteiger partial charge in [0.1, 0.15) is 16.4 Å². The zero-order chi connectivity index (χ0) is 24.8. The third-order valence-corrected chi connectivity index (χ3v) is 5.99. The molecule has 4 rings (SSSR count). The van der Waals surface area contributed by atoms with Crippen LogP contribution in [0.2, 0.25) is 0 Å². The van der Waals surface area contributed by atoms with Crippen molar-refractivity contribution >= 4 is 52.0 Å². The Hall–Kier alpha value is -4.44. The summed E-state index contributed by atoms with van der Waals surface area (Å²) in [5.74, 6) is 1.30. The van der Waals surface area contributed by atoms with E-state index in [1.165, 1.54) is 11.3 Å². The summed E-state index contributed by atoms with van der Waals surface area (Å²) in [6, 6.07) is 16.0. The Bertz CT molecular complexity index is 1340. The summed E-state index contributed by atoms with van der Waals surface area (Å²) in [6.07, 6.45) is 1.70. The maximum absolute atomic E-state index is 12.5. The number of aromatic nitrogens is 2. The van der Waals surface area contributed by atoms with E-state index in [2.05, 4.69) is 31.2 Å². The lowest BCUT2D eigenvalue weighted by molar-refractivity contribution is 0.0966. The molecule has 2 aromatic heterocycles. The van der Waals surface area contributed by atoms with Crippen molar-refractivity contribution in [2.75, 3.05) is 30.1 Å². The first-order valence-electron chi connectivity index (χ1n) is 10.7. The molecule has 0 atom stereocenters. The van der Waals surface area contributed by atoms with Crippen LogP contribution >= 0.6 is 11.3 Å². The quantitative estimate of drug-likeness (QED) is 0.277. The molecule has 9 nitrogen and oxygen atoms in total. The molecule has 4 aromatic rings. The molecule has 10 heteroatoms. The maximum atomic E-state index is 12.5. The number of hydrogen-bond donors (Lipinski definition) is 4. The number of ether oxygens (including phenoxy) is 1. The fourth-order valence-corrected chi connectivity index (χ4v) is 3.96. The Kier molecular flexibility index (Phi) is 7.22. The van der Waals surface area contributed by atoms with Crippen LogP contribution in [0.1, 0.15) is 25.6 Å². The van der Waals surface area contributed by atoms with Gasteiger partial charge in [-0.3, -0.25) is 9.59 Å². The number of hydrogen-bond acceptors (Lipinski definition) is 8. The maximum Gasteiger partial charge on any atom is 0.263 e. The number of anilines is 5. The van der Waals surface area contributed by atoms with Crippen LogP contribution in [0.25, 0.3) is 0 Å². The number of nitrogens with one attached hydrogen (secondary N) is 4. The number of amides is 2. The standard InChI is InChI=1S/C25H24N6O3S/c1-15-14-27-25(31-22(15)30-20-12-13-35-21(20)24(33)26-2)29-18-8-6-17(7-9-18)28-23(32)16-4-10-19(34-3)11-5-16/h4-14H,1-3H3,(H,26,33)(H,28,32)(H2,27,29,30,31). The second-order valence-electron chi connectivity index (χ2n) is 7.48. The van der Waals surface area contributed by atoms with Crippen LogP contribution in [0, 0.1) is 6.92 Å². The van der Waals surface area contributed by atoms with E-state index in [4.69, 9.17) is 4.74 Å². The lowest BCUT2D eigenvalue weighted by Crippen LogP contribution is -2.17. The highest BCUT2D eigenvalue weighted by atomic mass is 32.1. The zero-order valence-corrected chi connectivity index (χ0v) is 20.2. The van der Waals surface area contributed by atoms with E-state index >= 15 is 0 Å². The minimum absolute atomic E-state index is 0.160. The summed E-state index contributed by atoms with van der Waals surface area (Å²) in [6.45, 7) is 1.89. The summed E-state index contributed by atoms with van der Waals surface area (Å²) in [7, 11) is 3.18. The van der Waals surface area contributed by atoms with Crippen molar-refractivity contribution in [3.8, 4) is 5.75 Å². The minimum Gasteiger partial charge on any atom is -0.497 e. The molecule has 0 unspecified atom stereocenters. The smallest absolute Gasteiger partial charge is 0.263 e. The average Bonchev–Trinajstić information content (AvgIpc) is 3.35. The molecular formula is C25H24N6O3S. The van der Waals surface area contributed by atoms with Crippen molar-refractivity contribution in [1.29, 1.82) is 0 Å². The largest absolute Gasteiger partial charge is 0.497 e. The molecule has 35 heavy (non-hydrogen) atoms. The summed E-state index contributed by atoms with van der Waals surface area (Å²) in [5.41, 5.74) is 3.46. The van der Waals surface area contributed by atoms with Gasteiger partial charge in [-0.25, -0.2) is 4.98 Å². The Morgan fingerprint density at radius 1 is 0.914 bits per heavy atom. The summed E-state index contributed by atoms with van der Waals surface area (Å²) < 4.78 is 5.12. The summed E-state index contributed by atoms with van der Waals surface area (Å²) in [5, 5.41) is 13.7. The highest BCUT2D eigenvalue weighted by Gasteiger charge is 2.14. The number of thiophene rings is 1. The van der Waals surface area contributed by atoms with Crippen LogP contribution in [-0.2, 0) is 0 Å². The summed E-state index contributed by atoms with van der Waals surface area (Å²) >= 11 is 1.35. The van der Waals surface area contributed by atoms with Crippen molar-refractivity contribution in [2.45, 2.75) is 6.92 Å². The van der Waals surface area contributed by atoms with E-state index in [0.29, 0.717) is 39.3 Å². The van der Waals surface area contributed by atoms with E-state index in [1.807, 2.05) is 30.5 Å². The molecular weight excluding hydrogens is 464 g/mol. The predicted octanol–water partition coefficient (Wildman–Crippen LogP) is 4.95. The van der Waals surface area contributed by atoms with E-state index in [1.54, 1.807) is 56.8 Å². The average molecular weight is 489 g/mol. The molecule has 2 amide bonds. The van der Waals surface area contributed by atoms with E-state index in [0.717, 1.165) is 11.3 Å². The number of methoxy groups -OCH3 is 1. The minimum atomic E-state index is -0.212.